The second-order valence-electron chi connectivity index (χ2n) is 7.82. The lowest BCUT2D eigenvalue weighted by atomic mass is 9.77. The quantitative estimate of drug-likeness (QED) is 0.801. The molecule has 1 aromatic carbocycles. The Bertz CT molecular complexity index is 697. The van der Waals surface area contributed by atoms with Gasteiger partial charge in [0, 0.05) is 19.0 Å². The lowest BCUT2D eigenvalue weighted by Gasteiger charge is -2.41. The van der Waals surface area contributed by atoms with Crippen LogP contribution in [0.25, 0.3) is 0 Å². The number of nitrogens with one attached hydrogen (secondary N) is 1. The van der Waals surface area contributed by atoms with Gasteiger partial charge in [-0.1, -0.05) is 12.1 Å². The number of rotatable bonds is 1. The molecule has 1 saturated heterocycles. The fourth-order valence-electron chi connectivity index (χ4n) is 4.43. The van der Waals surface area contributed by atoms with E-state index in [2.05, 4.69) is 5.32 Å². The predicted molar refractivity (Wildman–Crippen MR) is 95.9 cm³/mol. The Labute approximate surface area is 153 Å². The molecule has 1 atom stereocenters. The molecule has 6 heteroatoms. The SMILES string of the molecule is O=C1NCC2(CCC(C(=O)N3CCC[C@H](O)C3)CC2)Oc2ccccc21. The van der Waals surface area contributed by atoms with Crippen molar-refractivity contribution in [3.63, 3.8) is 0 Å². The number of ether oxygens (including phenoxy) is 1. The average molecular weight is 358 g/mol. The number of hydrogen-bond acceptors (Lipinski definition) is 4. The first-order valence-corrected chi connectivity index (χ1v) is 9.59. The maximum atomic E-state index is 12.8. The van der Waals surface area contributed by atoms with E-state index in [0.29, 0.717) is 24.4 Å². The summed E-state index contributed by atoms with van der Waals surface area (Å²) < 4.78 is 6.30. The van der Waals surface area contributed by atoms with Gasteiger partial charge in [-0.2, -0.15) is 0 Å². The number of carbonyl (C=O) groups is 2. The first-order valence-electron chi connectivity index (χ1n) is 9.59. The second-order valence-corrected chi connectivity index (χ2v) is 7.82. The van der Waals surface area contributed by atoms with Gasteiger partial charge in [-0.15, -0.1) is 0 Å². The van der Waals surface area contributed by atoms with Gasteiger partial charge in [0.25, 0.3) is 5.91 Å². The first kappa shape index (κ1) is 17.3. The summed E-state index contributed by atoms with van der Waals surface area (Å²) in [7, 11) is 0. The number of aliphatic hydroxyl groups excluding tert-OH is 1. The highest BCUT2D eigenvalue weighted by molar-refractivity contribution is 5.97. The molecule has 1 spiro atoms. The topological polar surface area (TPSA) is 78.9 Å². The van der Waals surface area contributed by atoms with Crippen LogP contribution in [0.1, 0.15) is 48.9 Å². The van der Waals surface area contributed by atoms with Crippen LogP contribution in [0.5, 0.6) is 5.75 Å². The fraction of sp³-hybridized carbons (Fsp3) is 0.600. The van der Waals surface area contributed by atoms with Crippen LogP contribution in [-0.2, 0) is 4.79 Å². The summed E-state index contributed by atoms with van der Waals surface area (Å²) in [4.78, 5) is 26.9. The number of β-amino-alcohol motifs (C(OH)–C–C–N with tert-alkyl or cyclic N) is 1. The third-order valence-corrected chi connectivity index (χ3v) is 5.98. The molecule has 2 N–H and O–H groups in total. The molecule has 2 fully saturated rings. The number of piperidine rings is 1. The van der Waals surface area contributed by atoms with Crippen molar-refractivity contribution in [1.82, 2.24) is 10.2 Å². The van der Waals surface area contributed by atoms with E-state index in [1.807, 2.05) is 23.1 Å². The van der Waals surface area contributed by atoms with Crippen molar-refractivity contribution in [2.24, 2.45) is 5.92 Å². The molecule has 0 unspecified atom stereocenters. The van der Waals surface area contributed by atoms with Crippen LogP contribution >= 0.6 is 0 Å². The van der Waals surface area contributed by atoms with Gasteiger partial charge in [-0.3, -0.25) is 9.59 Å². The van der Waals surface area contributed by atoms with Gasteiger partial charge >= 0.3 is 0 Å². The minimum absolute atomic E-state index is 0.0104. The van der Waals surface area contributed by atoms with Gasteiger partial charge in [0.2, 0.25) is 5.91 Å². The van der Waals surface area contributed by atoms with Crippen molar-refractivity contribution in [2.45, 2.75) is 50.2 Å². The number of amides is 2. The van der Waals surface area contributed by atoms with Crippen molar-refractivity contribution in [3.05, 3.63) is 29.8 Å². The third-order valence-electron chi connectivity index (χ3n) is 5.98. The molecule has 4 rings (SSSR count). The Morgan fingerprint density at radius 3 is 2.77 bits per heavy atom. The average Bonchev–Trinajstić information content (AvgIpc) is 2.79. The van der Waals surface area contributed by atoms with E-state index in [9.17, 15) is 14.7 Å². The molecule has 1 saturated carbocycles. The minimum atomic E-state index is -0.430. The van der Waals surface area contributed by atoms with Crippen LogP contribution in [0.2, 0.25) is 0 Å². The maximum Gasteiger partial charge on any atom is 0.255 e. The largest absolute Gasteiger partial charge is 0.485 e. The summed E-state index contributed by atoms with van der Waals surface area (Å²) >= 11 is 0. The van der Waals surface area contributed by atoms with E-state index in [1.165, 1.54) is 0 Å². The van der Waals surface area contributed by atoms with Crippen LogP contribution in [0, 0.1) is 5.92 Å². The normalized spacial score (nSPS) is 31.6. The van der Waals surface area contributed by atoms with Gasteiger partial charge in [0.05, 0.1) is 18.2 Å². The van der Waals surface area contributed by atoms with Gasteiger partial charge in [-0.25, -0.2) is 0 Å². The van der Waals surface area contributed by atoms with Crippen molar-refractivity contribution >= 4 is 11.8 Å². The van der Waals surface area contributed by atoms with E-state index in [-0.39, 0.29) is 23.8 Å². The molecule has 26 heavy (non-hydrogen) atoms. The zero-order valence-electron chi connectivity index (χ0n) is 14.9. The van der Waals surface area contributed by atoms with Crippen LogP contribution in [0.4, 0.5) is 0 Å². The smallest absolute Gasteiger partial charge is 0.255 e. The third kappa shape index (κ3) is 3.30. The Morgan fingerprint density at radius 2 is 2.00 bits per heavy atom. The minimum Gasteiger partial charge on any atom is -0.485 e. The van der Waals surface area contributed by atoms with E-state index < -0.39 is 5.60 Å². The fourth-order valence-corrected chi connectivity index (χ4v) is 4.43. The van der Waals surface area contributed by atoms with Crippen molar-refractivity contribution in [3.8, 4) is 5.75 Å². The highest BCUT2D eigenvalue weighted by atomic mass is 16.5. The standard InChI is InChI=1S/C20H26N2O4/c23-15-4-3-11-22(12-15)19(25)14-7-9-20(10-8-14)13-21-18(24)16-5-1-2-6-17(16)26-20/h1-2,5-6,14-15,23H,3-4,7-13H2,(H,21,24)/t14?,15-,20?/m0/s1. The molecule has 1 aliphatic carbocycles. The van der Waals surface area contributed by atoms with E-state index >= 15 is 0 Å². The van der Waals surface area contributed by atoms with Crippen LogP contribution < -0.4 is 10.1 Å². The monoisotopic (exact) mass is 358 g/mol. The summed E-state index contributed by atoms with van der Waals surface area (Å²) in [6, 6.07) is 7.33. The molecule has 0 bridgehead atoms. The number of fused-ring (bicyclic) bond motifs is 1. The number of benzene rings is 1. The van der Waals surface area contributed by atoms with Gasteiger partial charge in [0.1, 0.15) is 11.4 Å². The zero-order valence-corrected chi connectivity index (χ0v) is 14.9. The lowest BCUT2D eigenvalue weighted by molar-refractivity contribution is -0.141. The van der Waals surface area contributed by atoms with Gasteiger partial charge < -0.3 is 20.1 Å². The summed E-state index contributed by atoms with van der Waals surface area (Å²) in [6.07, 6.45) is 4.26. The number of aliphatic hydroxyl groups is 1. The molecule has 0 aromatic heterocycles. The molecule has 1 aromatic rings. The zero-order chi connectivity index (χ0) is 18.1. The van der Waals surface area contributed by atoms with Crippen LogP contribution in [0.3, 0.4) is 0 Å². The summed E-state index contributed by atoms with van der Waals surface area (Å²) in [5, 5.41) is 12.8. The first-order chi connectivity index (χ1) is 12.6. The highest BCUT2D eigenvalue weighted by Gasteiger charge is 2.42. The number of hydrogen-bond donors (Lipinski definition) is 2. The Hall–Kier alpha value is -2.08. The molecular formula is C20H26N2O4. The number of carbonyl (C=O) groups excluding carboxylic acids is 2. The maximum absolute atomic E-state index is 12.8. The molecule has 140 valence electrons. The predicted octanol–water partition coefficient (Wildman–Crippen LogP) is 1.72. The summed E-state index contributed by atoms with van der Waals surface area (Å²) in [5.74, 6) is 0.685. The second kappa shape index (κ2) is 6.91. The van der Waals surface area contributed by atoms with Crippen molar-refractivity contribution in [1.29, 1.82) is 0 Å². The molecule has 3 aliphatic rings. The lowest BCUT2D eigenvalue weighted by Crippen LogP contribution is -2.51. The Balaban J connectivity index is 1.43. The molecule has 2 amide bonds. The number of para-hydroxylation sites is 1. The van der Waals surface area contributed by atoms with Crippen molar-refractivity contribution in [2.75, 3.05) is 19.6 Å². The van der Waals surface area contributed by atoms with Crippen LogP contribution in [0.15, 0.2) is 24.3 Å². The Morgan fingerprint density at radius 1 is 1.23 bits per heavy atom. The molecule has 2 heterocycles. The summed E-state index contributed by atoms with van der Waals surface area (Å²) in [5.41, 5.74) is 0.144. The molecule has 0 radical (unpaired) electrons. The molecular weight excluding hydrogens is 332 g/mol. The molecule has 6 nitrogen and oxygen atoms in total. The van der Waals surface area contributed by atoms with Gasteiger partial charge in [-0.05, 0) is 50.7 Å². The number of nitrogens with zero attached hydrogens (tertiary/aromatic N) is 1. The summed E-state index contributed by atoms with van der Waals surface area (Å²) in [6.45, 7) is 1.68. The highest BCUT2D eigenvalue weighted by Crippen LogP contribution is 2.38. The van der Waals surface area contributed by atoms with E-state index in [1.54, 1.807) is 6.07 Å². The molecule has 2 aliphatic heterocycles. The van der Waals surface area contributed by atoms with E-state index in [4.69, 9.17) is 4.74 Å². The van der Waals surface area contributed by atoms with Crippen LogP contribution in [-0.4, -0.2) is 53.2 Å². The Kier molecular flexibility index (Phi) is 4.61. The van der Waals surface area contributed by atoms with Gasteiger partial charge in [0.15, 0.2) is 0 Å². The van der Waals surface area contributed by atoms with Crippen molar-refractivity contribution < 1.29 is 19.4 Å². The van der Waals surface area contributed by atoms with E-state index in [0.717, 1.165) is 45.1 Å². The number of likely N-dealkylation sites (tertiary alicyclic amines) is 1.